The number of nitrogens with zero attached hydrogens (tertiary/aromatic N) is 1. The van der Waals surface area contributed by atoms with E-state index in [2.05, 4.69) is 11.4 Å². The molecule has 0 aliphatic heterocycles. The zero-order valence-electron chi connectivity index (χ0n) is 14.8. The zero-order valence-corrected chi connectivity index (χ0v) is 15.7. The lowest BCUT2D eigenvalue weighted by atomic mass is 10.0. The molecule has 1 heterocycles. The summed E-state index contributed by atoms with van der Waals surface area (Å²) in [7, 11) is 0. The van der Waals surface area contributed by atoms with Gasteiger partial charge in [0.05, 0.1) is 12.0 Å². The average Bonchev–Trinajstić information content (AvgIpc) is 3.17. The van der Waals surface area contributed by atoms with Crippen molar-refractivity contribution in [2.45, 2.75) is 39.5 Å². The van der Waals surface area contributed by atoms with Crippen molar-refractivity contribution in [2.24, 2.45) is 0 Å². The predicted octanol–water partition coefficient (Wildman–Crippen LogP) is 3.45. The second-order valence-corrected chi connectivity index (χ2v) is 7.58. The van der Waals surface area contributed by atoms with Crippen molar-refractivity contribution in [3.63, 3.8) is 0 Å². The molecule has 0 bridgehead atoms. The van der Waals surface area contributed by atoms with Gasteiger partial charge in [-0.1, -0.05) is 18.2 Å². The monoisotopic (exact) mass is 368 g/mol. The number of fused-ring (bicyclic) bond motifs is 1. The number of amides is 1. The second kappa shape index (κ2) is 7.71. The number of anilines is 1. The maximum atomic E-state index is 12.1. The van der Waals surface area contributed by atoms with E-state index in [-0.39, 0.29) is 13.0 Å². The minimum atomic E-state index is -0.447. The van der Waals surface area contributed by atoms with Crippen LogP contribution in [-0.2, 0) is 33.6 Å². The van der Waals surface area contributed by atoms with Crippen LogP contribution in [0.3, 0.4) is 0 Å². The molecule has 1 aliphatic rings. The number of hydrogen-bond acceptors (Lipinski definition) is 5. The molecule has 0 radical (unpaired) electrons. The number of carbonyl (C=O) groups is 2. The van der Waals surface area contributed by atoms with Crippen LogP contribution in [-0.4, -0.2) is 18.5 Å². The first-order valence-electron chi connectivity index (χ1n) is 8.54. The molecule has 134 valence electrons. The summed E-state index contributed by atoms with van der Waals surface area (Å²) in [5.74, 6) is -0.868. The van der Waals surface area contributed by atoms with Gasteiger partial charge in [0.25, 0.3) is 5.91 Å². The Hall–Kier alpha value is -2.65. The Morgan fingerprint density at radius 3 is 2.81 bits per heavy atom. The fraction of sp³-hybridized carbons (Fsp3) is 0.350. The Labute approximate surface area is 156 Å². The second-order valence-electron chi connectivity index (χ2n) is 6.48. The number of nitriles is 1. The van der Waals surface area contributed by atoms with E-state index in [9.17, 15) is 14.9 Å². The third-order valence-corrected chi connectivity index (χ3v) is 5.78. The van der Waals surface area contributed by atoms with Gasteiger partial charge in [0.15, 0.2) is 6.61 Å². The summed E-state index contributed by atoms with van der Waals surface area (Å²) in [6.07, 6.45) is 3.02. The number of thiophene rings is 1. The third kappa shape index (κ3) is 3.94. The topological polar surface area (TPSA) is 79.2 Å². The number of nitrogens with one attached hydrogen (secondary N) is 1. The van der Waals surface area contributed by atoms with Gasteiger partial charge in [-0.2, -0.15) is 5.26 Å². The Balaban J connectivity index is 1.53. The van der Waals surface area contributed by atoms with Crippen LogP contribution in [0.25, 0.3) is 0 Å². The van der Waals surface area contributed by atoms with Crippen LogP contribution in [0.5, 0.6) is 0 Å². The van der Waals surface area contributed by atoms with Crippen molar-refractivity contribution >= 4 is 28.2 Å². The number of aryl methyl sites for hydroxylation is 3. The molecule has 0 saturated carbocycles. The van der Waals surface area contributed by atoms with E-state index in [4.69, 9.17) is 4.74 Å². The number of carbonyl (C=O) groups excluding carboxylic acids is 2. The molecule has 0 atom stereocenters. The lowest BCUT2D eigenvalue weighted by Crippen LogP contribution is -2.21. The molecule has 2 aromatic rings. The van der Waals surface area contributed by atoms with Crippen molar-refractivity contribution in [1.82, 2.24) is 0 Å². The maximum Gasteiger partial charge on any atom is 0.310 e. The van der Waals surface area contributed by atoms with Crippen molar-refractivity contribution in [3.05, 3.63) is 50.9 Å². The lowest BCUT2D eigenvalue weighted by molar-refractivity contribution is -0.146. The standard InChI is InChI=1S/C20H20N2O3S/c1-12-6-7-14(8-13(12)2)9-19(24)25-11-18(23)22-20-16(10-21)15-4-3-5-17(15)26-20/h6-8H,3-5,9,11H2,1-2H3,(H,22,23). The van der Waals surface area contributed by atoms with Gasteiger partial charge < -0.3 is 10.1 Å². The average molecular weight is 368 g/mol. The quantitative estimate of drug-likeness (QED) is 0.820. The first-order valence-corrected chi connectivity index (χ1v) is 9.36. The predicted molar refractivity (Wildman–Crippen MR) is 100 cm³/mol. The first-order chi connectivity index (χ1) is 12.5. The van der Waals surface area contributed by atoms with E-state index >= 15 is 0 Å². The molecular formula is C20H20N2O3S. The lowest BCUT2D eigenvalue weighted by Gasteiger charge is -2.07. The Bertz CT molecular complexity index is 909. The summed E-state index contributed by atoms with van der Waals surface area (Å²) in [6.45, 7) is 3.65. The van der Waals surface area contributed by atoms with Crippen LogP contribution < -0.4 is 5.32 Å². The first kappa shape index (κ1) is 18.2. The number of esters is 1. The Morgan fingerprint density at radius 2 is 2.08 bits per heavy atom. The maximum absolute atomic E-state index is 12.1. The molecule has 1 aromatic heterocycles. The van der Waals surface area contributed by atoms with Gasteiger partial charge in [0, 0.05) is 4.88 Å². The summed E-state index contributed by atoms with van der Waals surface area (Å²) in [6, 6.07) is 7.97. The molecule has 1 N–H and O–H groups in total. The molecule has 0 saturated heterocycles. The number of ether oxygens (including phenoxy) is 1. The molecule has 26 heavy (non-hydrogen) atoms. The van der Waals surface area contributed by atoms with Crippen LogP contribution in [0.2, 0.25) is 0 Å². The normalized spacial score (nSPS) is 12.3. The van der Waals surface area contributed by atoms with E-state index in [1.54, 1.807) is 0 Å². The Morgan fingerprint density at radius 1 is 1.27 bits per heavy atom. The van der Waals surface area contributed by atoms with E-state index in [1.165, 1.54) is 16.2 Å². The highest BCUT2D eigenvalue weighted by Gasteiger charge is 2.23. The van der Waals surface area contributed by atoms with Crippen LogP contribution in [0.4, 0.5) is 5.00 Å². The fourth-order valence-corrected chi connectivity index (χ4v) is 4.31. The molecule has 0 unspecified atom stereocenters. The van der Waals surface area contributed by atoms with E-state index in [1.807, 2.05) is 32.0 Å². The highest BCUT2D eigenvalue weighted by molar-refractivity contribution is 7.16. The minimum Gasteiger partial charge on any atom is -0.455 e. The van der Waals surface area contributed by atoms with Gasteiger partial charge in [0.2, 0.25) is 0 Å². The van der Waals surface area contributed by atoms with E-state index in [0.29, 0.717) is 10.6 Å². The molecule has 3 rings (SSSR count). The minimum absolute atomic E-state index is 0.130. The molecule has 6 heteroatoms. The van der Waals surface area contributed by atoms with Crippen LogP contribution in [0.15, 0.2) is 18.2 Å². The Kier molecular flexibility index (Phi) is 5.38. The van der Waals surface area contributed by atoms with Crippen LogP contribution in [0.1, 0.15) is 39.1 Å². The summed E-state index contributed by atoms with van der Waals surface area (Å²) in [5, 5.41) is 12.6. The summed E-state index contributed by atoms with van der Waals surface area (Å²) >= 11 is 1.45. The SMILES string of the molecule is Cc1ccc(CC(=O)OCC(=O)Nc2sc3c(c2C#N)CCC3)cc1C. The zero-order chi connectivity index (χ0) is 18.7. The largest absolute Gasteiger partial charge is 0.455 e. The molecule has 1 aromatic carbocycles. The van der Waals surface area contributed by atoms with Gasteiger partial charge >= 0.3 is 5.97 Å². The highest BCUT2D eigenvalue weighted by Crippen LogP contribution is 2.38. The molecule has 5 nitrogen and oxygen atoms in total. The number of benzene rings is 1. The highest BCUT2D eigenvalue weighted by atomic mass is 32.1. The van der Waals surface area contributed by atoms with Gasteiger partial charge in [-0.3, -0.25) is 9.59 Å². The smallest absolute Gasteiger partial charge is 0.310 e. The summed E-state index contributed by atoms with van der Waals surface area (Å²) < 4.78 is 5.07. The van der Waals surface area contributed by atoms with Gasteiger partial charge in [0.1, 0.15) is 11.1 Å². The van der Waals surface area contributed by atoms with Gasteiger partial charge in [-0.15, -0.1) is 11.3 Å². The molecule has 1 aliphatic carbocycles. The van der Waals surface area contributed by atoms with E-state index < -0.39 is 11.9 Å². The number of rotatable bonds is 5. The van der Waals surface area contributed by atoms with Crippen molar-refractivity contribution < 1.29 is 14.3 Å². The fourth-order valence-electron chi connectivity index (χ4n) is 3.05. The van der Waals surface area contributed by atoms with E-state index in [0.717, 1.165) is 41.5 Å². The summed E-state index contributed by atoms with van der Waals surface area (Å²) in [5.41, 5.74) is 4.75. The third-order valence-electron chi connectivity index (χ3n) is 4.57. The molecular weight excluding hydrogens is 348 g/mol. The summed E-state index contributed by atoms with van der Waals surface area (Å²) in [4.78, 5) is 25.2. The van der Waals surface area contributed by atoms with Crippen molar-refractivity contribution in [2.75, 3.05) is 11.9 Å². The van der Waals surface area contributed by atoms with Crippen LogP contribution >= 0.6 is 11.3 Å². The van der Waals surface area contributed by atoms with Gasteiger partial charge in [-0.05, 0) is 55.4 Å². The molecule has 0 spiro atoms. The van der Waals surface area contributed by atoms with Crippen molar-refractivity contribution in [1.29, 1.82) is 5.26 Å². The molecule has 1 amide bonds. The molecule has 0 fully saturated rings. The number of hydrogen-bond donors (Lipinski definition) is 1. The van der Waals surface area contributed by atoms with Crippen LogP contribution in [0, 0.1) is 25.2 Å². The van der Waals surface area contributed by atoms with Gasteiger partial charge in [-0.25, -0.2) is 0 Å². The van der Waals surface area contributed by atoms with Crippen molar-refractivity contribution in [3.8, 4) is 6.07 Å².